The largest absolute Gasteiger partial charge is 0.507 e. The first-order valence-corrected chi connectivity index (χ1v) is 8.42. The number of carbonyl (C=O) groups excluding carboxylic acids is 4. The molecule has 29 heavy (non-hydrogen) atoms. The van der Waals surface area contributed by atoms with E-state index in [-0.39, 0.29) is 29.2 Å². The quantitative estimate of drug-likeness (QED) is 0.284. The fourth-order valence-corrected chi connectivity index (χ4v) is 1.49. The topological polar surface area (TPSA) is 179 Å². The van der Waals surface area contributed by atoms with E-state index in [9.17, 15) is 39.6 Å². The van der Waals surface area contributed by atoms with Crippen molar-refractivity contribution in [2.24, 2.45) is 0 Å². The van der Waals surface area contributed by atoms with E-state index < -0.39 is 37.0 Å². The molecule has 5 N–H and O–H groups in total. The van der Waals surface area contributed by atoms with Crippen molar-refractivity contribution in [1.29, 1.82) is 0 Å². The van der Waals surface area contributed by atoms with Gasteiger partial charge < -0.3 is 44.7 Å². The average molecular weight is 416 g/mol. The normalized spacial score (nSPS) is 13.8. The molecule has 0 heterocycles. The number of Topliss-reactive ketones (excluding diaryl/α,β-unsaturated/α-hetero) is 2. The summed E-state index contributed by atoms with van der Waals surface area (Å²) in [5, 5.41) is 46.7. The van der Waals surface area contributed by atoms with Crippen LogP contribution in [0.2, 0.25) is 0 Å². The zero-order valence-electron chi connectivity index (χ0n) is 16.7. The molecule has 10 heteroatoms. The van der Waals surface area contributed by atoms with Gasteiger partial charge in [0.2, 0.25) is 0 Å². The number of aldehydes is 1. The Kier molecular flexibility index (Phi) is 15.0. The summed E-state index contributed by atoms with van der Waals surface area (Å²) in [6.07, 6.45) is -7.40. The Labute approximate surface area is 168 Å². The van der Waals surface area contributed by atoms with Crippen LogP contribution in [0.25, 0.3) is 0 Å². The van der Waals surface area contributed by atoms with Crippen LogP contribution in [-0.4, -0.2) is 80.4 Å². The van der Waals surface area contributed by atoms with Gasteiger partial charge in [0, 0.05) is 0 Å². The highest BCUT2D eigenvalue weighted by Crippen LogP contribution is 2.17. The zero-order chi connectivity index (χ0) is 23.1. The lowest BCUT2D eigenvalue weighted by atomic mass is 10.0. The summed E-state index contributed by atoms with van der Waals surface area (Å²) >= 11 is 0. The smallest absolute Gasteiger partial charge is 0.342 e. The third-order valence-corrected chi connectivity index (χ3v) is 2.74. The molecule has 1 rings (SSSR count). The second kappa shape index (κ2) is 15.3. The maximum atomic E-state index is 11.6. The van der Waals surface area contributed by atoms with Crippen LogP contribution in [-0.2, 0) is 19.1 Å². The van der Waals surface area contributed by atoms with E-state index in [2.05, 4.69) is 4.74 Å². The summed E-state index contributed by atoms with van der Waals surface area (Å²) in [6, 6.07) is 5.56. The molecule has 0 amide bonds. The Hall–Kier alpha value is -2.66. The summed E-state index contributed by atoms with van der Waals surface area (Å²) in [5.74, 6) is -0.918. The summed E-state index contributed by atoms with van der Waals surface area (Å²) in [7, 11) is 0. The van der Waals surface area contributed by atoms with Crippen molar-refractivity contribution in [3.63, 3.8) is 0 Å². The van der Waals surface area contributed by atoms with E-state index in [1.807, 2.05) is 0 Å². The molecule has 10 nitrogen and oxygen atoms in total. The van der Waals surface area contributed by atoms with Gasteiger partial charge in [0.15, 0.2) is 6.29 Å². The van der Waals surface area contributed by atoms with Crippen molar-refractivity contribution >= 4 is 23.8 Å². The van der Waals surface area contributed by atoms with Crippen LogP contribution in [0.1, 0.15) is 38.1 Å². The van der Waals surface area contributed by atoms with Gasteiger partial charge in [-0.05, 0) is 39.8 Å². The number of phenolic OH excluding ortho intramolecular Hbond substituents is 1. The van der Waals surface area contributed by atoms with Crippen LogP contribution < -0.4 is 0 Å². The number of ketones is 2. The zero-order valence-corrected chi connectivity index (χ0v) is 16.7. The van der Waals surface area contributed by atoms with E-state index in [0.717, 1.165) is 0 Å². The van der Waals surface area contributed by atoms with E-state index >= 15 is 0 Å². The van der Waals surface area contributed by atoms with Gasteiger partial charge in [-0.1, -0.05) is 12.1 Å². The molecule has 164 valence electrons. The van der Waals surface area contributed by atoms with Gasteiger partial charge in [-0.15, -0.1) is 0 Å². The molecular formula is C19H28O10. The number of ether oxygens (including phenoxy) is 1. The van der Waals surface area contributed by atoms with E-state index in [1.165, 1.54) is 52.0 Å². The fraction of sp³-hybridized carbons (Fsp3) is 0.474. The van der Waals surface area contributed by atoms with Crippen LogP contribution in [0.4, 0.5) is 0 Å². The second-order valence-electron chi connectivity index (χ2n) is 6.11. The number of phenols is 1. The predicted molar refractivity (Wildman–Crippen MR) is 101 cm³/mol. The molecule has 0 fully saturated rings. The van der Waals surface area contributed by atoms with Gasteiger partial charge >= 0.3 is 5.97 Å². The first kappa shape index (κ1) is 28.5. The highest BCUT2D eigenvalue weighted by Gasteiger charge is 2.31. The molecule has 0 unspecified atom stereocenters. The number of rotatable bonds is 7. The van der Waals surface area contributed by atoms with Crippen LogP contribution in [0.3, 0.4) is 0 Å². The lowest BCUT2D eigenvalue weighted by Crippen LogP contribution is -2.46. The summed E-state index contributed by atoms with van der Waals surface area (Å²) in [6.45, 7) is 5.41. The maximum Gasteiger partial charge on any atom is 0.342 e. The molecule has 0 saturated carbocycles. The number of hydrogen-bond acceptors (Lipinski definition) is 10. The maximum absolute atomic E-state index is 11.6. The van der Waals surface area contributed by atoms with Crippen LogP contribution in [0.15, 0.2) is 24.3 Å². The standard InChI is InChI=1S/C13H16O8.2C3H6O/c14-5-9(16)11(18)12(19)10(17)6-21-13(20)7-3-1-2-4-8(7)15;2*1-3(2)4/h1-5,9-12,15-19H,6H2;2*1-2H3/t9-,10+,11+,12+;;/m0../s1. The number of hydrogen-bond donors (Lipinski definition) is 5. The number of esters is 1. The molecule has 0 aliphatic heterocycles. The molecule has 0 aliphatic carbocycles. The van der Waals surface area contributed by atoms with Crippen LogP contribution >= 0.6 is 0 Å². The molecular weight excluding hydrogens is 388 g/mol. The molecule has 1 aromatic rings. The van der Waals surface area contributed by atoms with Crippen molar-refractivity contribution < 1.29 is 49.4 Å². The Morgan fingerprint density at radius 1 is 0.931 bits per heavy atom. The van der Waals surface area contributed by atoms with Gasteiger partial charge in [0.1, 0.15) is 53.9 Å². The molecule has 0 radical (unpaired) electrons. The van der Waals surface area contributed by atoms with E-state index in [1.54, 1.807) is 0 Å². The summed E-state index contributed by atoms with van der Waals surface area (Å²) in [5.41, 5.74) is -0.132. The first-order valence-electron chi connectivity index (χ1n) is 8.42. The van der Waals surface area contributed by atoms with Gasteiger partial charge in [-0.3, -0.25) is 0 Å². The monoisotopic (exact) mass is 416 g/mol. The lowest BCUT2D eigenvalue weighted by molar-refractivity contribution is -0.136. The van der Waals surface area contributed by atoms with Crippen LogP contribution in [0.5, 0.6) is 5.75 Å². The number of carbonyl (C=O) groups is 4. The first-order chi connectivity index (χ1) is 13.3. The molecule has 4 atom stereocenters. The lowest BCUT2D eigenvalue weighted by Gasteiger charge is -2.23. The molecule has 0 bridgehead atoms. The van der Waals surface area contributed by atoms with Gasteiger partial charge in [0.25, 0.3) is 0 Å². The van der Waals surface area contributed by atoms with Gasteiger partial charge in [0.05, 0.1) is 0 Å². The molecule has 0 aromatic heterocycles. The van der Waals surface area contributed by atoms with Crippen molar-refractivity contribution in [3.8, 4) is 5.75 Å². The Morgan fingerprint density at radius 2 is 1.38 bits per heavy atom. The highest BCUT2D eigenvalue weighted by molar-refractivity contribution is 5.92. The number of aromatic hydroxyl groups is 1. The number of para-hydroxylation sites is 1. The Balaban J connectivity index is 0. The highest BCUT2D eigenvalue weighted by atomic mass is 16.5. The van der Waals surface area contributed by atoms with E-state index in [4.69, 9.17) is 5.11 Å². The number of aliphatic hydroxyl groups excluding tert-OH is 4. The van der Waals surface area contributed by atoms with Crippen molar-refractivity contribution in [3.05, 3.63) is 29.8 Å². The van der Waals surface area contributed by atoms with Crippen LogP contribution in [0, 0.1) is 0 Å². The number of aliphatic hydroxyl groups is 4. The molecule has 0 spiro atoms. The fourth-order valence-electron chi connectivity index (χ4n) is 1.49. The SMILES string of the molecule is CC(C)=O.CC(C)=O.O=C[C@H](O)[C@@H](O)[C@H](O)[C@H](O)COC(=O)c1ccccc1O. The van der Waals surface area contributed by atoms with Gasteiger partial charge in [-0.25, -0.2) is 4.79 Å². The minimum atomic E-state index is -1.92. The Morgan fingerprint density at radius 3 is 1.79 bits per heavy atom. The van der Waals surface area contributed by atoms with E-state index in [0.29, 0.717) is 0 Å². The molecule has 0 aliphatic rings. The predicted octanol–water partition coefficient (Wildman–Crippen LogP) is -0.618. The average Bonchev–Trinajstić information content (AvgIpc) is 2.63. The summed E-state index contributed by atoms with van der Waals surface area (Å²) in [4.78, 5) is 40.7. The Bertz CT molecular complexity index is 638. The van der Waals surface area contributed by atoms with Gasteiger partial charge in [-0.2, -0.15) is 0 Å². The number of benzene rings is 1. The van der Waals surface area contributed by atoms with Crippen molar-refractivity contribution in [2.75, 3.05) is 6.61 Å². The molecule has 0 saturated heterocycles. The van der Waals surface area contributed by atoms with Crippen molar-refractivity contribution in [2.45, 2.75) is 52.1 Å². The third kappa shape index (κ3) is 14.1. The van der Waals surface area contributed by atoms with Crippen molar-refractivity contribution in [1.82, 2.24) is 0 Å². The third-order valence-electron chi connectivity index (χ3n) is 2.74. The molecule has 1 aromatic carbocycles. The second-order valence-corrected chi connectivity index (χ2v) is 6.11. The minimum Gasteiger partial charge on any atom is -0.507 e. The minimum absolute atomic E-state index is 0.00533. The summed E-state index contributed by atoms with van der Waals surface area (Å²) < 4.78 is 4.67.